The molecule has 0 bridgehead atoms. The SMILES string of the molecule is O=c1c2cn(Cc3ccc(F)cc3)c3ccc(F)cc3c-2nn1Cc1ccc(Cl)cc1. The van der Waals surface area contributed by atoms with Crippen LogP contribution in [0.4, 0.5) is 8.78 Å². The lowest BCUT2D eigenvalue weighted by Gasteiger charge is -2.14. The van der Waals surface area contributed by atoms with E-state index in [1.165, 1.54) is 28.9 Å². The minimum Gasteiger partial charge on any atom is -0.342 e. The largest absolute Gasteiger partial charge is 0.342 e. The molecule has 2 aliphatic rings. The molecule has 7 heteroatoms. The maximum atomic E-state index is 14.1. The molecule has 0 radical (unpaired) electrons. The first-order valence-electron chi connectivity index (χ1n) is 9.66. The predicted octanol–water partition coefficient (Wildman–Crippen LogP) is 5.33. The van der Waals surface area contributed by atoms with E-state index in [1.54, 1.807) is 36.5 Å². The highest BCUT2D eigenvalue weighted by Gasteiger charge is 2.21. The van der Waals surface area contributed by atoms with Crippen molar-refractivity contribution in [1.29, 1.82) is 0 Å². The van der Waals surface area contributed by atoms with Crippen LogP contribution in [0.2, 0.25) is 5.02 Å². The molecule has 0 aromatic heterocycles. The first-order chi connectivity index (χ1) is 15.0. The lowest BCUT2D eigenvalue weighted by Crippen LogP contribution is -2.17. The van der Waals surface area contributed by atoms with Gasteiger partial charge in [0.05, 0.1) is 17.6 Å². The summed E-state index contributed by atoms with van der Waals surface area (Å²) in [7, 11) is 0. The van der Waals surface area contributed by atoms with Gasteiger partial charge in [-0.3, -0.25) is 4.79 Å². The van der Waals surface area contributed by atoms with Gasteiger partial charge in [0, 0.05) is 23.2 Å². The lowest BCUT2D eigenvalue weighted by atomic mass is 10.1. The highest BCUT2D eigenvalue weighted by atomic mass is 35.5. The molecule has 0 saturated carbocycles. The summed E-state index contributed by atoms with van der Waals surface area (Å²) in [5, 5.41) is 5.66. The van der Waals surface area contributed by atoms with Crippen LogP contribution in [0.5, 0.6) is 0 Å². The van der Waals surface area contributed by atoms with Gasteiger partial charge in [0.2, 0.25) is 0 Å². The summed E-state index contributed by atoms with van der Waals surface area (Å²) in [4.78, 5) is 13.1. The first kappa shape index (κ1) is 19.5. The van der Waals surface area contributed by atoms with E-state index in [0.717, 1.165) is 16.6 Å². The van der Waals surface area contributed by atoms with Gasteiger partial charge in [-0.05, 0) is 53.6 Å². The normalized spacial score (nSPS) is 11.5. The van der Waals surface area contributed by atoms with Gasteiger partial charge in [-0.25, -0.2) is 13.5 Å². The van der Waals surface area contributed by atoms with Crippen molar-refractivity contribution in [1.82, 2.24) is 14.3 Å². The number of halogens is 3. The van der Waals surface area contributed by atoms with E-state index in [9.17, 15) is 13.6 Å². The molecule has 31 heavy (non-hydrogen) atoms. The van der Waals surface area contributed by atoms with E-state index < -0.39 is 5.82 Å². The molecule has 2 aliphatic heterocycles. The third-order valence-corrected chi connectivity index (χ3v) is 5.51. The van der Waals surface area contributed by atoms with E-state index in [0.29, 0.717) is 28.2 Å². The minimum absolute atomic E-state index is 0.260. The van der Waals surface area contributed by atoms with Gasteiger partial charge >= 0.3 is 0 Å². The molecule has 0 spiro atoms. The van der Waals surface area contributed by atoms with Crippen LogP contribution in [0.1, 0.15) is 11.1 Å². The Kier molecular flexibility index (Phi) is 4.79. The van der Waals surface area contributed by atoms with Gasteiger partial charge in [-0.15, -0.1) is 0 Å². The number of hydrogen-bond acceptors (Lipinski definition) is 2. The van der Waals surface area contributed by atoms with Crippen LogP contribution < -0.4 is 5.56 Å². The maximum absolute atomic E-state index is 14.1. The highest BCUT2D eigenvalue weighted by molar-refractivity contribution is 6.30. The van der Waals surface area contributed by atoms with Gasteiger partial charge in [0.1, 0.15) is 17.3 Å². The quantitative estimate of drug-likeness (QED) is 0.382. The molecule has 0 saturated heterocycles. The second kappa shape index (κ2) is 7.63. The summed E-state index contributed by atoms with van der Waals surface area (Å²) in [6.07, 6.45) is 1.73. The Morgan fingerprint density at radius 1 is 0.839 bits per heavy atom. The molecule has 5 rings (SSSR count). The molecular formula is C24H16ClF2N3O. The Morgan fingerprint density at radius 2 is 1.48 bits per heavy atom. The summed E-state index contributed by atoms with van der Waals surface area (Å²) in [5.41, 5.74) is 3.05. The fourth-order valence-electron chi connectivity index (χ4n) is 3.74. The van der Waals surface area contributed by atoms with Crippen molar-refractivity contribution in [3.8, 4) is 11.3 Å². The second-order valence-corrected chi connectivity index (χ2v) is 7.83. The Morgan fingerprint density at radius 3 is 2.23 bits per heavy atom. The highest BCUT2D eigenvalue weighted by Crippen LogP contribution is 2.29. The van der Waals surface area contributed by atoms with Gasteiger partial charge in [-0.1, -0.05) is 35.9 Å². The van der Waals surface area contributed by atoms with E-state index in [1.807, 2.05) is 16.7 Å². The molecule has 0 atom stereocenters. The number of nitrogens with zero attached hydrogens (tertiary/aromatic N) is 3. The smallest absolute Gasteiger partial charge is 0.278 e. The average molecular weight is 436 g/mol. The summed E-state index contributed by atoms with van der Waals surface area (Å²) in [6.45, 7) is 0.680. The van der Waals surface area contributed by atoms with Crippen LogP contribution in [0.3, 0.4) is 0 Å². The summed E-state index contributed by atoms with van der Waals surface area (Å²) in [6, 6.07) is 17.7. The molecule has 0 fully saturated rings. The van der Waals surface area contributed by atoms with E-state index in [2.05, 4.69) is 5.10 Å². The Hall–Kier alpha value is -3.51. The van der Waals surface area contributed by atoms with Gasteiger partial charge in [-0.2, -0.15) is 5.10 Å². The molecule has 0 N–H and O–H groups in total. The number of rotatable bonds is 4. The van der Waals surface area contributed by atoms with Crippen LogP contribution in [0.25, 0.3) is 22.2 Å². The second-order valence-electron chi connectivity index (χ2n) is 7.40. The molecule has 154 valence electrons. The topological polar surface area (TPSA) is 39.8 Å². The molecule has 3 aromatic carbocycles. The number of benzene rings is 3. The van der Waals surface area contributed by atoms with Crippen molar-refractivity contribution in [3.05, 3.63) is 111 Å². The van der Waals surface area contributed by atoms with Crippen molar-refractivity contribution in [2.45, 2.75) is 13.1 Å². The third-order valence-electron chi connectivity index (χ3n) is 5.26. The fraction of sp³-hybridized carbons (Fsp3) is 0.0833. The zero-order chi connectivity index (χ0) is 21.5. The van der Waals surface area contributed by atoms with Crippen molar-refractivity contribution < 1.29 is 8.78 Å². The van der Waals surface area contributed by atoms with Gasteiger partial charge < -0.3 is 4.57 Å². The monoisotopic (exact) mass is 435 g/mol. The molecule has 4 nitrogen and oxygen atoms in total. The molecule has 2 heterocycles. The number of hydrogen-bond donors (Lipinski definition) is 0. The van der Waals surface area contributed by atoms with E-state index >= 15 is 0 Å². The Balaban J connectivity index is 1.66. The number of pyridine rings is 1. The zero-order valence-electron chi connectivity index (χ0n) is 16.2. The summed E-state index contributed by atoms with van der Waals surface area (Å²) < 4.78 is 30.6. The summed E-state index contributed by atoms with van der Waals surface area (Å²) in [5.74, 6) is -0.727. The van der Waals surface area contributed by atoms with E-state index in [4.69, 9.17) is 11.6 Å². The fourth-order valence-corrected chi connectivity index (χ4v) is 3.86. The zero-order valence-corrected chi connectivity index (χ0v) is 17.0. The van der Waals surface area contributed by atoms with E-state index in [-0.39, 0.29) is 17.9 Å². The minimum atomic E-state index is -0.409. The standard InChI is InChI=1S/C24H16ClF2N3O/c25-17-5-1-16(2-6-17)13-30-24(31)21-14-29(12-15-3-7-18(26)8-4-15)22-10-9-19(27)11-20(22)23(21)28-30/h1-11,14H,12-13H2. The van der Waals surface area contributed by atoms with Crippen molar-refractivity contribution in [2.24, 2.45) is 0 Å². The molecule has 0 aliphatic carbocycles. The van der Waals surface area contributed by atoms with Gasteiger partial charge in [0.25, 0.3) is 5.56 Å². The van der Waals surface area contributed by atoms with Crippen molar-refractivity contribution >= 4 is 22.5 Å². The van der Waals surface area contributed by atoms with Gasteiger partial charge in [0.15, 0.2) is 0 Å². The molecular weight excluding hydrogens is 420 g/mol. The molecule has 0 unspecified atom stereocenters. The summed E-state index contributed by atoms with van der Waals surface area (Å²) >= 11 is 5.94. The van der Waals surface area contributed by atoms with Crippen LogP contribution in [-0.2, 0) is 13.1 Å². The average Bonchev–Trinajstić information content (AvgIpc) is 3.07. The third kappa shape index (κ3) is 3.70. The molecule has 0 amide bonds. The van der Waals surface area contributed by atoms with Crippen LogP contribution in [0, 0.1) is 11.6 Å². The van der Waals surface area contributed by atoms with Crippen LogP contribution in [-0.4, -0.2) is 14.3 Å². The maximum Gasteiger partial charge on any atom is 0.278 e. The number of fused-ring (bicyclic) bond motifs is 3. The Bertz CT molecular complexity index is 1420. The van der Waals surface area contributed by atoms with Crippen molar-refractivity contribution in [2.75, 3.05) is 0 Å². The van der Waals surface area contributed by atoms with Crippen LogP contribution >= 0.6 is 11.6 Å². The van der Waals surface area contributed by atoms with Crippen molar-refractivity contribution in [3.63, 3.8) is 0 Å². The number of aromatic nitrogens is 3. The first-order valence-corrected chi connectivity index (χ1v) is 10.0. The predicted molar refractivity (Wildman–Crippen MR) is 117 cm³/mol. The lowest BCUT2D eigenvalue weighted by molar-refractivity contribution is 0.626. The Labute approximate surface area is 181 Å². The van der Waals surface area contributed by atoms with Crippen LogP contribution in [0.15, 0.2) is 77.7 Å². The molecule has 3 aromatic rings.